The first kappa shape index (κ1) is 16.0. The average Bonchev–Trinajstić information content (AvgIpc) is 2.61. The molecule has 0 atom stereocenters. The van der Waals surface area contributed by atoms with E-state index in [1.807, 2.05) is 25.1 Å². The number of ether oxygens (including phenoxy) is 1. The van der Waals surface area contributed by atoms with Gasteiger partial charge in [0.25, 0.3) is 0 Å². The Kier molecular flexibility index (Phi) is 4.75. The highest BCUT2D eigenvalue weighted by molar-refractivity contribution is 5.90. The molecule has 4 nitrogen and oxygen atoms in total. The van der Waals surface area contributed by atoms with Crippen LogP contribution in [0.2, 0.25) is 0 Å². The number of rotatable bonds is 5. The molecule has 0 aliphatic heterocycles. The van der Waals surface area contributed by atoms with Gasteiger partial charge < -0.3 is 9.15 Å². The lowest BCUT2D eigenvalue weighted by atomic mass is 10.0. The number of hydrogen-bond acceptors (Lipinski definition) is 4. The van der Waals surface area contributed by atoms with Crippen LogP contribution in [0.4, 0.5) is 0 Å². The zero-order valence-electron chi connectivity index (χ0n) is 13.5. The minimum absolute atomic E-state index is 0.347. The maximum absolute atomic E-state index is 12.2. The molecule has 0 unspecified atom stereocenters. The van der Waals surface area contributed by atoms with Gasteiger partial charge in [-0.15, -0.1) is 0 Å². The van der Waals surface area contributed by atoms with E-state index < -0.39 is 5.63 Å². The molecule has 0 fully saturated rings. The standard InChI is InChI=1S/C20H18O4/c1-2-3-12-23-19(21)15-10-8-14(9-11-15)17-13-16-6-4-5-7-18(16)24-20(17)22/h4-11,13H,2-3,12H2,1H3. The number of benzene rings is 2. The molecule has 1 heterocycles. The molecular weight excluding hydrogens is 304 g/mol. The molecule has 0 saturated carbocycles. The number of carbonyl (C=O) groups excluding carboxylic acids is 1. The minimum atomic E-state index is -0.396. The third-order valence-corrected chi connectivity index (χ3v) is 3.80. The lowest BCUT2D eigenvalue weighted by Crippen LogP contribution is -2.07. The SMILES string of the molecule is CCCCOC(=O)c1ccc(-c2cc3ccccc3oc2=O)cc1. The third-order valence-electron chi connectivity index (χ3n) is 3.80. The largest absolute Gasteiger partial charge is 0.462 e. The van der Waals surface area contributed by atoms with E-state index in [1.165, 1.54) is 0 Å². The van der Waals surface area contributed by atoms with Crippen molar-refractivity contribution in [3.63, 3.8) is 0 Å². The van der Waals surface area contributed by atoms with Crippen molar-refractivity contribution < 1.29 is 13.9 Å². The van der Waals surface area contributed by atoms with Crippen LogP contribution in [0.25, 0.3) is 22.1 Å². The van der Waals surface area contributed by atoms with Crippen LogP contribution in [0.3, 0.4) is 0 Å². The Morgan fingerprint density at radius 3 is 2.58 bits per heavy atom. The fourth-order valence-electron chi connectivity index (χ4n) is 2.44. The fraction of sp³-hybridized carbons (Fsp3) is 0.200. The van der Waals surface area contributed by atoms with Gasteiger partial charge in [-0.1, -0.05) is 43.7 Å². The van der Waals surface area contributed by atoms with Gasteiger partial charge in [0.05, 0.1) is 17.7 Å². The van der Waals surface area contributed by atoms with Crippen LogP contribution in [0, 0.1) is 0 Å². The molecular formula is C20H18O4. The van der Waals surface area contributed by atoms with Crippen molar-refractivity contribution in [2.75, 3.05) is 6.61 Å². The van der Waals surface area contributed by atoms with Gasteiger partial charge in [0, 0.05) is 5.39 Å². The first-order valence-electron chi connectivity index (χ1n) is 7.99. The number of esters is 1. The van der Waals surface area contributed by atoms with Crippen LogP contribution >= 0.6 is 0 Å². The molecule has 0 N–H and O–H groups in total. The highest BCUT2D eigenvalue weighted by Crippen LogP contribution is 2.21. The van der Waals surface area contributed by atoms with Crippen molar-refractivity contribution in [1.82, 2.24) is 0 Å². The first-order valence-corrected chi connectivity index (χ1v) is 7.99. The summed E-state index contributed by atoms with van der Waals surface area (Å²) in [4.78, 5) is 24.1. The van der Waals surface area contributed by atoms with Crippen molar-refractivity contribution in [1.29, 1.82) is 0 Å². The topological polar surface area (TPSA) is 56.5 Å². The zero-order chi connectivity index (χ0) is 16.9. The molecule has 2 aromatic carbocycles. The summed E-state index contributed by atoms with van der Waals surface area (Å²) in [5.74, 6) is -0.347. The summed E-state index contributed by atoms with van der Waals surface area (Å²) in [6.45, 7) is 2.46. The lowest BCUT2D eigenvalue weighted by Gasteiger charge is -2.06. The van der Waals surface area contributed by atoms with E-state index in [4.69, 9.17) is 9.15 Å². The molecule has 0 amide bonds. The Morgan fingerprint density at radius 1 is 1.08 bits per heavy atom. The highest BCUT2D eigenvalue weighted by Gasteiger charge is 2.10. The van der Waals surface area contributed by atoms with Gasteiger partial charge in [-0.25, -0.2) is 9.59 Å². The normalized spacial score (nSPS) is 10.7. The average molecular weight is 322 g/mol. The molecule has 122 valence electrons. The van der Waals surface area contributed by atoms with Crippen molar-refractivity contribution >= 4 is 16.9 Å². The van der Waals surface area contributed by atoms with Gasteiger partial charge in [-0.3, -0.25) is 0 Å². The van der Waals surface area contributed by atoms with Crippen molar-refractivity contribution in [2.45, 2.75) is 19.8 Å². The van der Waals surface area contributed by atoms with Gasteiger partial charge >= 0.3 is 11.6 Å². The van der Waals surface area contributed by atoms with Crippen LogP contribution in [-0.4, -0.2) is 12.6 Å². The summed E-state index contributed by atoms with van der Waals surface area (Å²) in [6, 6.07) is 16.0. The van der Waals surface area contributed by atoms with Crippen molar-refractivity contribution in [3.8, 4) is 11.1 Å². The van der Waals surface area contributed by atoms with E-state index in [9.17, 15) is 9.59 Å². The smallest absolute Gasteiger partial charge is 0.344 e. The van der Waals surface area contributed by atoms with Gasteiger partial charge in [0.2, 0.25) is 0 Å². The predicted molar refractivity (Wildman–Crippen MR) is 93.1 cm³/mol. The molecule has 0 aliphatic rings. The number of hydrogen-bond donors (Lipinski definition) is 0. The Morgan fingerprint density at radius 2 is 1.83 bits per heavy atom. The molecule has 3 aromatic rings. The summed E-state index contributed by atoms with van der Waals surface area (Å²) in [7, 11) is 0. The second kappa shape index (κ2) is 7.13. The molecule has 1 aromatic heterocycles. The summed E-state index contributed by atoms with van der Waals surface area (Å²) in [6.07, 6.45) is 1.83. The van der Waals surface area contributed by atoms with E-state index in [2.05, 4.69) is 0 Å². The molecule has 24 heavy (non-hydrogen) atoms. The minimum Gasteiger partial charge on any atom is -0.462 e. The molecule has 0 bridgehead atoms. The Balaban J connectivity index is 1.87. The van der Waals surface area contributed by atoms with Gasteiger partial charge in [0.15, 0.2) is 0 Å². The number of fused-ring (bicyclic) bond motifs is 1. The second-order valence-electron chi connectivity index (χ2n) is 5.55. The number of carbonyl (C=O) groups is 1. The van der Waals surface area contributed by atoms with Crippen LogP contribution in [0.5, 0.6) is 0 Å². The first-order chi connectivity index (χ1) is 11.7. The van der Waals surface area contributed by atoms with Crippen molar-refractivity contribution in [3.05, 3.63) is 70.6 Å². The quantitative estimate of drug-likeness (QED) is 0.396. The third kappa shape index (κ3) is 3.38. The van der Waals surface area contributed by atoms with E-state index in [1.54, 1.807) is 36.4 Å². The van der Waals surface area contributed by atoms with Crippen molar-refractivity contribution in [2.24, 2.45) is 0 Å². The monoisotopic (exact) mass is 322 g/mol. The maximum atomic E-state index is 12.2. The molecule has 0 radical (unpaired) electrons. The summed E-state index contributed by atoms with van der Waals surface area (Å²) in [5, 5.41) is 0.857. The van der Waals surface area contributed by atoms with Crippen LogP contribution in [0.1, 0.15) is 30.1 Å². The lowest BCUT2D eigenvalue weighted by molar-refractivity contribution is 0.0500. The van der Waals surface area contributed by atoms with Gasteiger partial charge in [-0.05, 0) is 36.2 Å². The highest BCUT2D eigenvalue weighted by atomic mass is 16.5. The summed E-state index contributed by atoms with van der Waals surface area (Å²) >= 11 is 0. The molecule has 0 aliphatic carbocycles. The summed E-state index contributed by atoms with van der Waals surface area (Å²) in [5.41, 5.74) is 1.81. The predicted octanol–water partition coefficient (Wildman–Crippen LogP) is 4.42. The number of para-hydroxylation sites is 1. The Hall–Kier alpha value is -2.88. The molecule has 0 spiro atoms. The maximum Gasteiger partial charge on any atom is 0.344 e. The zero-order valence-corrected chi connectivity index (χ0v) is 13.5. The summed E-state index contributed by atoms with van der Waals surface area (Å²) < 4.78 is 10.5. The molecule has 4 heteroatoms. The van der Waals surface area contributed by atoms with E-state index in [0.29, 0.717) is 28.9 Å². The van der Waals surface area contributed by atoms with Gasteiger partial charge in [-0.2, -0.15) is 0 Å². The Bertz CT molecular complexity index is 907. The molecule has 0 saturated heterocycles. The molecule has 3 rings (SSSR count). The van der Waals surface area contributed by atoms with Crippen LogP contribution < -0.4 is 5.63 Å². The van der Waals surface area contributed by atoms with Crippen LogP contribution in [-0.2, 0) is 4.74 Å². The van der Waals surface area contributed by atoms with E-state index >= 15 is 0 Å². The van der Waals surface area contributed by atoms with Gasteiger partial charge in [0.1, 0.15) is 5.58 Å². The number of unbranched alkanes of at least 4 members (excludes halogenated alkanes) is 1. The fourth-order valence-corrected chi connectivity index (χ4v) is 2.44. The Labute approximate surface area is 139 Å². The second-order valence-corrected chi connectivity index (χ2v) is 5.55. The van der Waals surface area contributed by atoms with Crippen LogP contribution in [0.15, 0.2) is 63.8 Å². The van der Waals surface area contributed by atoms with E-state index in [-0.39, 0.29) is 5.97 Å². The van der Waals surface area contributed by atoms with E-state index in [0.717, 1.165) is 18.2 Å².